The van der Waals surface area contributed by atoms with Crippen LogP contribution in [0.3, 0.4) is 0 Å². The lowest BCUT2D eigenvalue weighted by Crippen LogP contribution is -2.52. The fourth-order valence-electron chi connectivity index (χ4n) is 4.98. The Balaban J connectivity index is 1.35. The second-order valence-corrected chi connectivity index (χ2v) is 7.90. The highest BCUT2D eigenvalue weighted by Gasteiger charge is 2.47. The van der Waals surface area contributed by atoms with Gasteiger partial charge in [0.1, 0.15) is 0 Å². The lowest BCUT2D eigenvalue weighted by Gasteiger charge is -2.44. The van der Waals surface area contributed by atoms with Crippen LogP contribution in [-0.4, -0.2) is 42.2 Å². The van der Waals surface area contributed by atoms with Crippen LogP contribution < -0.4 is 0 Å². The fourth-order valence-corrected chi connectivity index (χ4v) is 4.98. The summed E-state index contributed by atoms with van der Waals surface area (Å²) in [5.41, 5.74) is 2.77. The van der Waals surface area contributed by atoms with Crippen molar-refractivity contribution in [3.05, 3.63) is 60.7 Å². The van der Waals surface area contributed by atoms with Gasteiger partial charge in [-0.25, -0.2) is 0 Å². The number of piperidine rings is 1. The predicted molar refractivity (Wildman–Crippen MR) is 101 cm³/mol. The first-order valence-corrected chi connectivity index (χ1v) is 9.47. The summed E-state index contributed by atoms with van der Waals surface area (Å²) in [5.74, 6) is 0. The second kappa shape index (κ2) is 6.18. The van der Waals surface area contributed by atoms with E-state index in [-0.39, 0.29) is 0 Å². The van der Waals surface area contributed by atoms with Crippen molar-refractivity contribution in [2.24, 2.45) is 0 Å². The van der Waals surface area contributed by atoms with Crippen LogP contribution in [0.15, 0.2) is 55.1 Å². The average molecular weight is 348 g/mol. The Hall–Kier alpha value is -2.24. The van der Waals surface area contributed by atoms with Gasteiger partial charge in [0.2, 0.25) is 0 Å². The molecule has 0 spiro atoms. The largest absolute Gasteiger partial charge is 0.388 e. The molecule has 5 heteroatoms. The van der Waals surface area contributed by atoms with Gasteiger partial charge in [0.15, 0.2) is 0 Å². The minimum absolute atomic E-state index is 0.465. The normalized spacial score (nSPS) is 28.7. The van der Waals surface area contributed by atoms with E-state index in [0.717, 1.165) is 30.4 Å². The molecule has 0 radical (unpaired) electrons. The van der Waals surface area contributed by atoms with Gasteiger partial charge in [0, 0.05) is 43.4 Å². The van der Waals surface area contributed by atoms with Crippen molar-refractivity contribution in [2.45, 2.75) is 56.5 Å². The molecule has 5 rings (SSSR count). The van der Waals surface area contributed by atoms with Crippen molar-refractivity contribution in [3.8, 4) is 0 Å². The quantitative estimate of drug-likeness (QED) is 0.787. The van der Waals surface area contributed by atoms with E-state index in [1.54, 1.807) is 0 Å². The molecule has 5 heterocycles. The summed E-state index contributed by atoms with van der Waals surface area (Å²) < 4.78 is 2.17. The van der Waals surface area contributed by atoms with E-state index in [1.165, 1.54) is 18.4 Å². The number of fused-ring (bicyclic) bond motifs is 3. The van der Waals surface area contributed by atoms with E-state index < -0.39 is 5.60 Å². The SMILES string of the molecule is OC1(Cn2ccc3ncccc32)CC2CCC(C1)N2Cc1ccncc1. The van der Waals surface area contributed by atoms with Crippen LogP contribution in [0, 0.1) is 0 Å². The monoisotopic (exact) mass is 348 g/mol. The Kier molecular flexibility index (Phi) is 3.80. The Morgan fingerprint density at radius 1 is 1.04 bits per heavy atom. The molecular weight excluding hydrogens is 324 g/mol. The Morgan fingerprint density at radius 3 is 2.58 bits per heavy atom. The van der Waals surface area contributed by atoms with Gasteiger partial charge < -0.3 is 9.67 Å². The molecule has 1 N–H and O–H groups in total. The summed E-state index contributed by atoms with van der Waals surface area (Å²) in [7, 11) is 0. The first kappa shape index (κ1) is 16.0. The number of aromatic nitrogens is 3. The van der Waals surface area contributed by atoms with E-state index >= 15 is 0 Å². The maximum absolute atomic E-state index is 11.4. The van der Waals surface area contributed by atoms with Crippen LogP contribution in [-0.2, 0) is 13.1 Å². The van der Waals surface area contributed by atoms with Crippen LogP contribution in [0.25, 0.3) is 11.0 Å². The molecule has 5 nitrogen and oxygen atoms in total. The molecule has 0 amide bonds. The third kappa shape index (κ3) is 2.81. The number of hydrogen-bond acceptors (Lipinski definition) is 4. The Morgan fingerprint density at radius 2 is 1.81 bits per heavy atom. The van der Waals surface area contributed by atoms with Crippen molar-refractivity contribution >= 4 is 11.0 Å². The number of rotatable bonds is 4. The molecule has 3 aromatic heterocycles. The molecule has 2 aliphatic rings. The minimum atomic E-state index is -0.637. The van der Waals surface area contributed by atoms with Crippen molar-refractivity contribution in [1.82, 2.24) is 19.4 Å². The summed E-state index contributed by atoms with van der Waals surface area (Å²) in [6.45, 7) is 1.61. The van der Waals surface area contributed by atoms with Gasteiger partial charge in [0.05, 0.1) is 23.2 Å². The molecule has 2 saturated heterocycles. The Labute approximate surface area is 153 Å². The van der Waals surface area contributed by atoms with Gasteiger partial charge in [-0.2, -0.15) is 0 Å². The highest BCUT2D eigenvalue weighted by atomic mass is 16.3. The molecule has 2 unspecified atom stereocenters. The standard InChI is InChI=1S/C21H24N4O/c26-21(15-24-11-7-19-20(24)2-1-8-23-19)12-17-3-4-18(13-21)25(17)14-16-5-9-22-10-6-16/h1-2,5-11,17-18,26H,3-4,12-15H2. The third-order valence-corrected chi connectivity index (χ3v) is 6.12. The predicted octanol–water partition coefficient (Wildman–Crippen LogP) is 2.99. The zero-order valence-corrected chi connectivity index (χ0v) is 14.8. The van der Waals surface area contributed by atoms with Gasteiger partial charge in [-0.05, 0) is 61.6 Å². The average Bonchev–Trinajstić information content (AvgIpc) is 3.15. The lowest BCUT2D eigenvalue weighted by atomic mass is 9.85. The summed E-state index contributed by atoms with van der Waals surface area (Å²) in [6.07, 6.45) is 11.7. The van der Waals surface area contributed by atoms with E-state index in [1.807, 2.05) is 30.7 Å². The maximum atomic E-state index is 11.4. The molecule has 134 valence electrons. The fraction of sp³-hybridized carbons (Fsp3) is 0.429. The summed E-state index contributed by atoms with van der Waals surface area (Å²) >= 11 is 0. The first-order chi connectivity index (χ1) is 12.7. The van der Waals surface area contributed by atoms with Crippen molar-refractivity contribution in [2.75, 3.05) is 0 Å². The van der Waals surface area contributed by atoms with Crippen molar-refractivity contribution in [3.63, 3.8) is 0 Å². The molecule has 2 fully saturated rings. The molecular formula is C21H24N4O. The summed E-state index contributed by atoms with van der Waals surface area (Å²) in [6, 6.07) is 11.2. The first-order valence-electron chi connectivity index (χ1n) is 9.47. The molecule has 3 aromatic rings. The topological polar surface area (TPSA) is 54.2 Å². The smallest absolute Gasteiger partial charge is 0.0880 e. The molecule has 0 aromatic carbocycles. The lowest BCUT2D eigenvalue weighted by molar-refractivity contribution is -0.0644. The zero-order valence-electron chi connectivity index (χ0n) is 14.8. The van der Waals surface area contributed by atoms with E-state index in [0.29, 0.717) is 18.6 Å². The van der Waals surface area contributed by atoms with Gasteiger partial charge in [-0.15, -0.1) is 0 Å². The van der Waals surface area contributed by atoms with E-state index in [4.69, 9.17) is 0 Å². The highest BCUT2D eigenvalue weighted by molar-refractivity contribution is 5.75. The van der Waals surface area contributed by atoms with Gasteiger partial charge >= 0.3 is 0 Å². The van der Waals surface area contributed by atoms with Gasteiger partial charge in [-0.3, -0.25) is 14.9 Å². The van der Waals surface area contributed by atoms with Crippen LogP contribution in [0.2, 0.25) is 0 Å². The van der Waals surface area contributed by atoms with Crippen LogP contribution in [0.5, 0.6) is 0 Å². The maximum Gasteiger partial charge on any atom is 0.0880 e. The molecule has 26 heavy (non-hydrogen) atoms. The molecule has 2 bridgehead atoms. The van der Waals surface area contributed by atoms with Gasteiger partial charge in [-0.1, -0.05) is 0 Å². The number of pyridine rings is 2. The summed E-state index contributed by atoms with van der Waals surface area (Å²) in [5, 5.41) is 11.4. The third-order valence-electron chi connectivity index (χ3n) is 6.12. The molecule has 0 aliphatic carbocycles. The number of hydrogen-bond donors (Lipinski definition) is 1. The molecule has 0 saturated carbocycles. The minimum Gasteiger partial charge on any atom is -0.388 e. The van der Waals surface area contributed by atoms with E-state index in [2.05, 4.69) is 43.8 Å². The summed E-state index contributed by atoms with van der Waals surface area (Å²) in [4.78, 5) is 11.1. The molecule has 2 aliphatic heterocycles. The highest BCUT2D eigenvalue weighted by Crippen LogP contribution is 2.42. The van der Waals surface area contributed by atoms with Crippen molar-refractivity contribution in [1.29, 1.82) is 0 Å². The number of aliphatic hydroxyl groups is 1. The van der Waals surface area contributed by atoms with Crippen LogP contribution >= 0.6 is 0 Å². The zero-order chi connectivity index (χ0) is 17.6. The number of nitrogens with zero attached hydrogens (tertiary/aromatic N) is 4. The van der Waals surface area contributed by atoms with Crippen LogP contribution in [0.4, 0.5) is 0 Å². The van der Waals surface area contributed by atoms with Crippen LogP contribution in [0.1, 0.15) is 31.2 Å². The second-order valence-electron chi connectivity index (χ2n) is 7.90. The Bertz CT molecular complexity index is 893. The van der Waals surface area contributed by atoms with Gasteiger partial charge in [0.25, 0.3) is 0 Å². The molecule has 2 atom stereocenters. The van der Waals surface area contributed by atoms with Crippen molar-refractivity contribution < 1.29 is 5.11 Å². The van der Waals surface area contributed by atoms with E-state index in [9.17, 15) is 5.11 Å².